The van der Waals surface area contributed by atoms with Gasteiger partial charge in [0.1, 0.15) is 0 Å². The second-order valence-electron chi connectivity index (χ2n) is 6.57. The Morgan fingerprint density at radius 3 is 2.33 bits per heavy atom. The smallest absolute Gasteiger partial charge is 0.0432 e. The number of nitrogens with one attached hydrogen (secondary N) is 1. The standard InChI is InChI=1S/C7H15N3.C7H15N/c1-4-5-6-7(2,3)9-10-8;1-6-4-5-7(2,3)8-6/h4-6H2,1-3H3;6,8H,4-5H2,1-3H3. The predicted octanol–water partition coefficient (Wildman–Crippen LogP) is 4.80. The molecule has 0 saturated carbocycles. The zero-order valence-electron chi connectivity index (χ0n) is 13.0. The van der Waals surface area contributed by atoms with Gasteiger partial charge in [-0.25, -0.2) is 0 Å². The Hall–Kier alpha value is -0.730. The van der Waals surface area contributed by atoms with Gasteiger partial charge in [-0.1, -0.05) is 38.7 Å². The first-order valence-corrected chi connectivity index (χ1v) is 7.06. The maximum atomic E-state index is 8.16. The van der Waals surface area contributed by atoms with Crippen LogP contribution in [0.5, 0.6) is 0 Å². The van der Waals surface area contributed by atoms with Gasteiger partial charge in [0, 0.05) is 22.0 Å². The molecule has 0 aromatic rings. The van der Waals surface area contributed by atoms with Crippen molar-refractivity contribution in [3.8, 4) is 0 Å². The van der Waals surface area contributed by atoms with E-state index >= 15 is 0 Å². The Morgan fingerprint density at radius 1 is 1.44 bits per heavy atom. The third-order valence-electron chi connectivity index (χ3n) is 3.30. The summed E-state index contributed by atoms with van der Waals surface area (Å²) in [5.74, 6) is 0. The van der Waals surface area contributed by atoms with Crippen molar-refractivity contribution in [2.24, 2.45) is 5.11 Å². The molecule has 4 nitrogen and oxygen atoms in total. The first-order chi connectivity index (χ1) is 8.22. The molecule has 1 saturated heterocycles. The lowest BCUT2D eigenvalue weighted by Gasteiger charge is -2.17. The Bertz CT molecular complexity index is 278. The van der Waals surface area contributed by atoms with E-state index in [-0.39, 0.29) is 5.54 Å². The van der Waals surface area contributed by atoms with E-state index in [0.29, 0.717) is 5.54 Å². The number of hydrogen-bond donors (Lipinski definition) is 1. The van der Waals surface area contributed by atoms with E-state index in [9.17, 15) is 0 Å². The lowest BCUT2D eigenvalue weighted by molar-refractivity contribution is 0.437. The van der Waals surface area contributed by atoms with Gasteiger partial charge in [-0.05, 0) is 45.6 Å². The molecule has 0 aromatic carbocycles. The van der Waals surface area contributed by atoms with Crippen molar-refractivity contribution in [2.45, 2.75) is 90.8 Å². The molecule has 1 heterocycles. The van der Waals surface area contributed by atoms with E-state index in [1.54, 1.807) is 0 Å². The van der Waals surface area contributed by atoms with E-state index in [0.717, 1.165) is 25.3 Å². The summed E-state index contributed by atoms with van der Waals surface area (Å²) in [6.45, 7) is 12.8. The van der Waals surface area contributed by atoms with Crippen LogP contribution in [0, 0.1) is 0 Å². The molecule has 18 heavy (non-hydrogen) atoms. The highest BCUT2D eigenvalue weighted by molar-refractivity contribution is 4.88. The molecule has 0 radical (unpaired) electrons. The normalized spacial score (nSPS) is 21.8. The zero-order valence-corrected chi connectivity index (χ0v) is 13.0. The van der Waals surface area contributed by atoms with Crippen LogP contribution in [0.1, 0.15) is 73.6 Å². The maximum absolute atomic E-state index is 8.16. The van der Waals surface area contributed by atoms with Gasteiger partial charge in [-0.3, -0.25) is 0 Å². The molecule has 1 N–H and O–H groups in total. The van der Waals surface area contributed by atoms with Crippen LogP contribution in [0.2, 0.25) is 0 Å². The molecule has 1 atom stereocenters. The number of unbranched alkanes of at least 4 members (excludes halogenated alkanes) is 1. The highest BCUT2D eigenvalue weighted by Crippen LogP contribution is 2.21. The van der Waals surface area contributed by atoms with E-state index in [1.807, 2.05) is 13.8 Å². The average molecular weight is 254 g/mol. The fourth-order valence-electron chi connectivity index (χ4n) is 2.17. The molecule has 1 rings (SSSR count). The Labute approximate surface area is 112 Å². The van der Waals surface area contributed by atoms with Gasteiger partial charge in [-0.15, -0.1) is 0 Å². The maximum Gasteiger partial charge on any atom is 0.0432 e. The Balaban J connectivity index is 0.000000327. The van der Waals surface area contributed by atoms with Crippen molar-refractivity contribution in [3.05, 3.63) is 10.4 Å². The lowest BCUT2D eigenvalue weighted by atomic mass is 9.99. The van der Waals surface area contributed by atoms with Gasteiger partial charge in [0.25, 0.3) is 0 Å². The molecular weight excluding hydrogens is 224 g/mol. The third kappa shape index (κ3) is 8.37. The zero-order chi connectivity index (χ0) is 14.2. The van der Waals surface area contributed by atoms with Crippen molar-refractivity contribution in [1.29, 1.82) is 0 Å². The van der Waals surface area contributed by atoms with E-state index in [1.165, 1.54) is 12.8 Å². The van der Waals surface area contributed by atoms with Crippen LogP contribution in [-0.4, -0.2) is 17.1 Å². The molecule has 4 heteroatoms. The molecule has 106 valence electrons. The topological polar surface area (TPSA) is 60.8 Å². The SMILES string of the molecule is CC1CCC(C)(C)N1.CCCCC(C)(C)N=[N+]=[N-]. The summed E-state index contributed by atoms with van der Waals surface area (Å²) >= 11 is 0. The molecule has 0 aromatic heterocycles. The van der Waals surface area contributed by atoms with E-state index < -0.39 is 0 Å². The van der Waals surface area contributed by atoms with Crippen molar-refractivity contribution >= 4 is 0 Å². The van der Waals surface area contributed by atoms with Crippen molar-refractivity contribution in [1.82, 2.24) is 5.32 Å². The second-order valence-corrected chi connectivity index (χ2v) is 6.57. The molecule has 0 aliphatic carbocycles. The molecule has 1 fully saturated rings. The van der Waals surface area contributed by atoms with Crippen LogP contribution in [0.4, 0.5) is 0 Å². The summed E-state index contributed by atoms with van der Waals surface area (Å²) in [5, 5.41) is 7.17. The Morgan fingerprint density at radius 2 is 2.06 bits per heavy atom. The number of hydrogen-bond acceptors (Lipinski definition) is 2. The molecule has 1 unspecified atom stereocenters. The fraction of sp³-hybridized carbons (Fsp3) is 1.00. The molecule has 0 spiro atoms. The minimum absolute atomic E-state index is 0.190. The van der Waals surface area contributed by atoms with Gasteiger partial charge in [0.15, 0.2) is 0 Å². The van der Waals surface area contributed by atoms with Gasteiger partial charge in [0.2, 0.25) is 0 Å². The molecular formula is C14H30N4. The first-order valence-electron chi connectivity index (χ1n) is 7.06. The number of rotatable bonds is 4. The summed E-state index contributed by atoms with van der Waals surface area (Å²) in [6.07, 6.45) is 5.94. The summed E-state index contributed by atoms with van der Waals surface area (Å²) in [4.78, 5) is 2.79. The predicted molar refractivity (Wildman–Crippen MR) is 78.7 cm³/mol. The highest BCUT2D eigenvalue weighted by Gasteiger charge is 2.26. The van der Waals surface area contributed by atoms with Crippen molar-refractivity contribution in [3.63, 3.8) is 0 Å². The summed E-state index contributed by atoms with van der Waals surface area (Å²) in [6, 6.07) is 0.741. The molecule has 1 aliphatic heterocycles. The van der Waals surface area contributed by atoms with Crippen LogP contribution >= 0.6 is 0 Å². The largest absolute Gasteiger partial charge is 0.309 e. The van der Waals surface area contributed by atoms with Crippen LogP contribution in [0.15, 0.2) is 5.11 Å². The monoisotopic (exact) mass is 254 g/mol. The van der Waals surface area contributed by atoms with Gasteiger partial charge in [-0.2, -0.15) is 0 Å². The highest BCUT2D eigenvalue weighted by atomic mass is 15.2. The number of azide groups is 1. The van der Waals surface area contributed by atoms with Crippen molar-refractivity contribution < 1.29 is 0 Å². The quantitative estimate of drug-likeness (QED) is 0.437. The fourth-order valence-corrected chi connectivity index (χ4v) is 2.17. The van der Waals surface area contributed by atoms with Crippen LogP contribution in [0.3, 0.4) is 0 Å². The minimum Gasteiger partial charge on any atom is -0.309 e. The van der Waals surface area contributed by atoms with E-state index in [4.69, 9.17) is 5.53 Å². The third-order valence-corrected chi connectivity index (χ3v) is 3.30. The average Bonchev–Trinajstić information content (AvgIpc) is 2.54. The Kier molecular flexibility index (Phi) is 7.34. The van der Waals surface area contributed by atoms with Crippen LogP contribution < -0.4 is 5.32 Å². The summed E-state index contributed by atoms with van der Waals surface area (Å²) < 4.78 is 0. The van der Waals surface area contributed by atoms with Gasteiger partial charge in [0.05, 0.1) is 0 Å². The number of nitrogens with zero attached hydrogens (tertiary/aromatic N) is 3. The molecule has 1 aliphatic rings. The van der Waals surface area contributed by atoms with Crippen LogP contribution in [-0.2, 0) is 0 Å². The second kappa shape index (κ2) is 7.65. The van der Waals surface area contributed by atoms with E-state index in [2.05, 4.69) is 43.0 Å². The molecule has 0 amide bonds. The lowest BCUT2D eigenvalue weighted by Crippen LogP contribution is -2.35. The summed E-state index contributed by atoms with van der Waals surface area (Å²) in [7, 11) is 0. The van der Waals surface area contributed by atoms with Gasteiger partial charge < -0.3 is 5.32 Å². The van der Waals surface area contributed by atoms with Gasteiger partial charge >= 0.3 is 0 Å². The molecule has 0 bridgehead atoms. The first kappa shape index (κ1) is 17.3. The minimum atomic E-state index is -0.190. The van der Waals surface area contributed by atoms with Crippen LogP contribution in [0.25, 0.3) is 10.4 Å². The summed E-state index contributed by atoms with van der Waals surface area (Å²) in [5.41, 5.74) is 8.39. The van der Waals surface area contributed by atoms with Crippen molar-refractivity contribution in [2.75, 3.05) is 0 Å².